The van der Waals surface area contributed by atoms with Crippen LogP contribution < -0.4 is 5.32 Å². The van der Waals surface area contributed by atoms with E-state index in [0.29, 0.717) is 13.1 Å². The lowest BCUT2D eigenvalue weighted by atomic mass is 9.97. The standard InChI is InChI=1S/C15H21FN2O/c1-3-17-14(19)15(2)8-5-9-18(15)11-12-6-4-7-13(16)10-12/h4,6-7,10H,3,5,8-9,11H2,1-2H3,(H,17,19). The molecule has 1 aliphatic heterocycles. The Bertz CT molecular complexity index is 463. The van der Waals surface area contributed by atoms with Gasteiger partial charge in [0, 0.05) is 13.1 Å². The predicted molar refractivity (Wildman–Crippen MR) is 73.1 cm³/mol. The van der Waals surface area contributed by atoms with Crippen molar-refractivity contribution in [3.63, 3.8) is 0 Å². The Kier molecular flexibility index (Phi) is 4.20. The van der Waals surface area contributed by atoms with Gasteiger partial charge in [-0.25, -0.2) is 4.39 Å². The maximum Gasteiger partial charge on any atom is 0.240 e. The minimum Gasteiger partial charge on any atom is -0.355 e. The Morgan fingerprint density at radius 2 is 2.32 bits per heavy atom. The molecule has 0 bridgehead atoms. The van der Waals surface area contributed by atoms with E-state index in [1.165, 1.54) is 12.1 Å². The van der Waals surface area contributed by atoms with Crippen LogP contribution in [0.25, 0.3) is 0 Å². The number of nitrogens with one attached hydrogen (secondary N) is 1. The van der Waals surface area contributed by atoms with Crippen LogP contribution >= 0.6 is 0 Å². The molecule has 1 saturated heterocycles. The topological polar surface area (TPSA) is 32.3 Å². The number of amides is 1. The Labute approximate surface area is 113 Å². The number of likely N-dealkylation sites (N-methyl/N-ethyl adjacent to an activating group) is 1. The third-order valence-corrected chi connectivity index (χ3v) is 3.88. The fourth-order valence-corrected chi connectivity index (χ4v) is 2.74. The van der Waals surface area contributed by atoms with Gasteiger partial charge in [0.25, 0.3) is 0 Å². The van der Waals surface area contributed by atoms with Crippen LogP contribution in [0.2, 0.25) is 0 Å². The van der Waals surface area contributed by atoms with Crippen LogP contribution in [0.1, 0.15) is 32.3 Å². The third kappa shape index (κ3) is 2.95. The van der Waals surface area contributed by atoms with Crippen molar-refractivity contribution in [1.29, 1.82) is 0 Å². The summed E-state index contributed by atoms with van der Waals surface area (Å²) in [6.45, 7) is 6.04. The van der Waals surface area contributed by atoms with Gasteiger partial charge >= 0.3 is 0 Å². The summed E-state index contributed by atoms with van der Waals surface area (Å²) in [5, 5.41) is 2.90. The van der Waals surface area contributed by atoms with Gasteiger partial charge in [0.1, 0.15) is 5.82 Å². The molecule has 0 aromatic heterocycles. The number of benzene rings is 1. The highest BCUT2D eigenvalue weighted by Gasteiger charge is 2.42. The molecular weight excluding hydrogens is 243 g/mol. The Hall–Kier alpha value is -1.42. The zero-order chi connectivity index (χ0) is 13.9. The molecule has 1 unspecified atom stereocenters. The summed E-state index contributed by atoms with van der Waals surface area (Å²) in [4.78, 5) is 14.4. The maximum atomic E-state index is 13.2. The fourth-order valence-electron chi connectivity index (χ4n) is 2.74. The third-order valence-electron chi connectivity index (χ3n) is 3.88. The molecule has 0 aliphatic carbocycles. The first-order valence-corrected chi connectivity index (χ1v) is 6.84. The first-order valence-electron chi connectivity index (χ1n) is 6.84. The Morgan fingerprint density at radius 3 is 3.00 bits per heavy atom. The average molecular weight is 264 g/mol. The molecular formula is C15H21FN2O. The molecule has 1 heterocycles. The van der Waals surface area contributed by atoms with Gasteiger partial charge < -0.3 is 5.32 Å². The van der Waals surface area contributed by atoms with Gasteiger partial charge in [0.05, 0.1) is 5.54 Å². The molecule has 0 radical (unpaired) electrons. The number of carbonyl (C=O) groups excluding carboxylic acids is 1. The predicted octanol–water partition coefficient (Wildman–Crippen LogP) is 2.32. The second kappa shape index (κ2) is 5.70. The minimum absolute atomic E-state index is 0.0731. The second-order valence-electron chi connectivity index (χ2n) is 5.29. The molecule has 1 aliphatic rings. The number of halogens is 1. The summed E-state index contributed by atoms with van der Waals surface area (Å²) < 4.78 is 13.2. The summed E-state index contributed by atoms with van der Waals surface area (Å²) in [5.74, 6) is -0.152. The van der Waals surface area contributed by atoms with Gasteiger partial charge in [-0.3, -0.25) is 9.69 Å². The van der Waals surface area contributed by atoms with E-state index in [1.54, 1.807) is 6.07 Å². The molecule has 1 N–H and O–H groups in total. The lowest BCUT2D eigenvalue weighted by Gasteiger charge is -2.33. The molecule has 1 aromatic rings. The summed E-state index contributed by atoms with van der Waals surface area (Å²) in [7, 11) is 0. The number of hydrogen-bond acceptors (Lipinski definition) is 2. The first-order chi connectivity index (χ1) is 9.06. The zero-order valence-corrected chi connectivity index (χ0v) is 11.6. The van der Waals surface area contributed by atoms with E-state index >= 15 is 0 Å². The zero-order valence-electron chi connectivity index (χ0n) is 11.6. The van der Waals surface area contributed by atoms with Crippen molar-refractivity contribution in [2.45, 2.75) is 38.8 Å². The number of likely N-dealkylation sites (tertiary alicyclic amines) is 1. The Morgan fingerprint density at radius 1 is 1.53 bits per heavy atom. The van der Waals surface area contributed by atoms with E-state index in [9.17, 15) is 9.18 Å². The molecule has 1 amide bonds. The highest BCUT2D eigenvalue weighted by Crippen LogP contribution is 2.30. The van der Waals surface area contributed by atoms with Gasteiger partial charge in [-0.1, -0.05) is 12.1 Å². The van der Waals surface area contributed by atoms with E-state index in [4.69, 9.17) is 0 Å². The van der Waals surface area contributed by atoms with E-state index in [-0.39, 0.29) is 11.7 Å². The van der Waals surface area contributed by atoms with Crippen LogP contribution in [0.3, 0.4) is 0 Å². The summed E-state index contributed by atoms with van der Waals surface area (Å²) in [6.07, 6.45) is 1.86. The second-order valence-corrected chi connectivity index (χ2v) is 5.29. The number of hydrogen-bond donors (Lipinski definition) is 1. The van der Waals surface area contributed by atoms with Crippen molar-refractivity contribution in [2.24, 2.45) is 0 Å². The van der Waals surface area contributed by atoms with Crippen LogP contribution in [-0.2, 0) is 11.3 Å². The van der Waals surface area contributed by atoms with Gasteiger partial charge in [-0.05, 0) is 50.9 Å². The molecule has 2 rings (SSSR count). The quantitative estimate of drug-likeness (QED) is 0.905. The lowest BCUT2D eigenvalue weighted by molar-refractivity contribution is -0.131. The van der Waals surface area contributed by atoms with Crippen molar-refractivity contribution >= 4 is 5.91 Å². The van der Waals surface area contributed by atoms with Crippen LogP contribution in [0.15, 0.2) is 24.3 Å². The largest absolute Gasteiger partial charge is 0.355 e. The molecule has 1 atom stereocenters. The van der Waals surface area contributed by atoms with E-state index in [2.05, 4.69) is 10.2 Å². The minimum atomic E-state index is -0.470. The molecule has 3 nitrogen and oxygen atoms in total. The number of nitrogens with zero attached hydrogens (tertiary/aromatic N) is 1. The van der Waals surface area contributed by atoms with Crippen molar-refractivity contribution in [3.8, 4) is 0 Å². The summed E-state index contributed by atoms with van der Waals surface area (Å²) >= 11 is 0. The molecule has 104 valence electrons. The van der Waals surface area contributed by atoms with E-state index in [1.807, 2.05) is 19.9 Å². The Balaban J connectivity index is 2.12. The first kappa shape index (κ1) is 14.0. The maximum absolute atomic E-state index is 13.2. The van der Waals surface area contributed by atoms with Gasteiger partial charge in [-0.2, -0.15) is 0 Å². The van der Waals surface area contributed by atoms with Crippen molar-refractivity contribution in [3.05, 3.63) is 35.6 Å². The van der Waals surface area contributed by atoms with Crippen molar-refractivity contribution in [2.75, 3.05) is 13.1 Å². The lowest BCUT2D eigenvalue weighted by Crippen LogP contribution is -2.52. The van der Waals surface area contributed by atoms with Crippen molar-refractivity contribution in [1.82, 2.24) is 10.2 Å². The molecule has 0 spiro atoms. The summed E-state index contributed by atoms with van der Waals surface area (Å²) in [6, 6.07) is 6.59. The van der Waals surface area contributed by atoms with Gasteiger partial charge in [0.15, 0.2) is 0 Å². The van der Waals surface area contributed by atoms with Crippen molar-refractivity contribution < 1.29 is 9.18 Å². The molecule has 0 saturated carbocycles. The van der Waals surface area contributed by atoms with Gasteiger partial charge in [-0.15, -0.1) is 0 Å². The van der Waals surface area contributed by atoms with Crippen LogP contribution in [0.4, 0.5) is 4.39 Å². The smallest absolute Gasteiger partial charge is 0.240 e. The van der Waals surface area contributed by atoms with E-state index < -0.39 is 5.54 Å². The molecule has 1 fully saturated rings. The summed E-state index contributed by atoms with van der Waals surface area (Å²) in [5.41, 5.74) is 0.444. The SMILES string of the molecule is CCNC(=O)C1(C)CCCN1Cc1cccc(F)c1. The monoisotopic (exact) mass is 264 g/mol. The fraction of sp³-hybridized carbons (Fsp3) is 0.533. The van der Waals surface area contributed by atoms with E-state index in [0.717, 1.165) is 24.9 Å². The highest BCUT2D eigenvalue weighted by atomic mass is 19.1. The van der Waals surface area contributed by atoms with Crippen LogP contribution in [0, 0.1) is 5.82 Å². The molecule has 19 heavy (non-hydrogen) atoms. The molecule has 1 aromatic carbocycles. The highest BCUT2D eigenvalue weighted by molar-refractivity contribution is 5.86. The number of rotatable bonds is 4. The van der Waals surface area contributed by atoms with Crippen LogP contribution in [-0.4, -0.2) is 29.4 Å². The molecule has 4 heteroatoms. The average Bonchev–Trinajstić information content (AvgIpc) is 2.73. The van der Waals surface area contributed by atoms with Crippen LogP contribution in [0.5, 0.6) is 0 Å². The normalized spacial score (nSPS) is 23.5. The number of carbonyl (C=O) groups is 1. The van der Waals surface area contributed by atoms with Gasteiger partial charge in [0.2, 0.25) is 5.91 Å².